The van der Waals surface area contributed by atoms with E-state index in [1.807, 2.05) is 45.2 Å². The molecule has 0 aliphatic heterocycles. The van der Waals surface area contributed by atoms with Gasteiger partial charge in [-0.2, -0.15) is 0 Å². The number of hydrogen-bond acceptors (Lipinski definition) is 2. The van der Waals surface area contributed by atoms with E-state index in [0.29, 0.717) is 5.69 Å². The Hall–Kier alpha value is -1.97. The molecule has 0 atom stereocenters. The summed E-state index contributed by atoms with van der Waals surface area (Å²) >= 11 is 0. The molecule has 1 aromatic carbocycles. The zero-order valence-electron chi connectivity index (χ0n) is 9.69. The minimum Gasteiger partial charge on any atom is -0.393 e. The fraction of sp³-hybridized carbons (Fsp3) is 0.250. The maximum atomic E-state index is 12.0. The standard InChI is InChI=1S/C12H15N3O/c1-8-6-4-5-7-10(8)15-12(16)11(13)9(2)14(15)3/h4-7H,13H2,1-3H3. The van der Waals surface area contributed by atoms with Crippen LogP contribution in [0.25, 0.3) is 5.69 Å². The van der Waals surface area contributed by atoms with E-state index >= 15 is 0 Å². The van der Waals surface area contributed by atoms with Crippen LogP contribution in [0.1, 0.15) is 11.3 Å². The first-order chi connectivity index (χ1) is 7.54. The molecule has 84 valence electrons. The Morgan fingerprint density at radius 1 is 1.19 bits per heavy atom. The summed E-state index contributed by atoms with van der Waals surface area (Å²) in [5, 5.41) is 0. The minimum absolute atomic E-state index is 0.158. The number of anilines is 1. The number of aryl methyl sites for hydroxylation is 1. The van der Waals surface area contributed by atoms with Crippen LogP contribution in [0.2, 0.25) is 0 Å². The molecule has 0 aliphatic carbocycles. The molecule has 2 aromatic rings. The minimum atomic E-state index is -0.158. The molecule has 0 spiro atoms. The molecule has 0 radical (unpaired) electrons. The van der Waals surface area contributed by atoms with E-state index in [-0.39, 0.29) is 5.56 Å². The third-order valence-corrected chi connectivity index (χ3v) is 2.94. The Kier molecular flexibility index (Phi) is 2.34. The molecule has 0 saturated heterocycles. The topological polar surface area (TPSA) is 52.9 Å². The largest absolute Gasteiger partial charge is 0.393 e. The molecule has 2 rings (SSSR count). The SMILES string of the molecule is Cc1ccccc1-n1c(=O)c(N)c(C)n1C. The summed E-state index contributed by atoms with van der Waals surface area (Å²) in [5.41, 5.74) is 8.59. The van der Waals surface area contributed by atoms with Gasteiger partial charge in [0, 0.05) is 7.05 Å². The lowest BCUT2D eigenvalue weighted by molar-refractivity contribution is 0.628. The van der Waals surface area contributed by atoms with E-state index in [4.69, 9.17) is 5.73 Å². The van der Waals surface area contributed by atoms with Gasteiger partial charge in [0.05, 0.1) is 11.4 Å². The highest BCUT2D eigenvalue weighted by molar-refractivity contribution is 5.47. The van der Waals surface area contributed by atoms with Gasteiger partial charge in [0.2, 0.25) is 0 Å². The van der Waals surface area contributed by atoms with Gasteiger partial charge in [-0.05, 0) is 25.5 Å². The van der Waals surface area contributed by atoms with Crippen molar-refractivity contribution in [3.05, 3.63) is 45.9 Å². The number of nitrogens with two attached hydrogens (primary N) is 1. The van der Waals surface area contributed by atoms with Crippen molar-refractivity contribution in [2.24, 2.45) is 7.05 Å². The number of rotatable bonds is 1. The van der Waals surface area contributed by atoms with Crippen LogP contribution in [0, 0.1) is 13.8 Å². The molecule has 4 nitrogen and oxygen atoms in total. The van der Waals surface area contributed by atoms with Crippen molar-refractivity contribution in [1.82, 2.24) is 9.36 Å². The van der Waals surface area contributed by atoms with Crippen molar-refractivity contribution < 1.29 is 0 Å². The zero-order chi connectivity index (χ0) is 11.9. The molecule has 0 bridgehead atoms. The molecular weight excluding hydrogens is 202 g/mol. The molecular formula is C12H15N3O. The Labute approximate surface area is 93.9 Å². The van der Waals surface area contributed by atoms with Gasteiger partial charge in [0.1, 0.15) is 5.69 Å². The van der Waals surface area contributed by atoms with Crippen molar-refractivity contribution in [3.8, 4) is 5.69 Å². The average molecular weight is 217 g/mol. The van der Waals surface area contributed by atoms with Crippen LogP contribution in [0.15, 0.2) is 29.1 Å². The zero-order valence-corrected chi connectivity index (χ0v) is 9.69. The fourth-order valence-corrected chi connectivity index (χ4v) is 1.80. The Bertz CT molecular complexity index is 593. The lowest BCUT2D eigenvalue weighted by Gasteiger charge is -2.10. The second kappa shape index (κ2) is 3.56. The Morgan fingerprint density at radius 3 is 2.31 bits per heavy atom. The number of hydrogen-bond donors (Lipinski definition) is 1. The van der Waals surface area contributed by atoms with Crippen LogP contribution in [0.3, 0.4) is 0 Å². The highest BCUT2D eigenvalue weighted by Crippen LogP contribution is 2.14. The quantitative estimate of drug-likeness (QED) is 0.784. The van der Waals surface area contributed by atoms with Crippen molar-refractivity contribution in [3.63, 3.8) is 0 Å². The van der Waals surface area contributed by atoms with Gasteiger partial charge in [-0.25, -0.2) is 4.68 Å². The lowest BCUT2D eigenvalue weighted by Crippen LogP contribution is -2.21. The van der Waals surface area contributed by atoms with Gasteiger partial charge >= 0.3 is 0 Å². The number of benzene rings is 1. The summed E-state index contributed by atoms with van der Waals surface area (Å²) in [6, 6.07) is 7.74. The van der Waals surface area contributed by atoms with E-state index < -0.39 is 0 Å². The van der Waals surface area contributed by atoms with Crippen LogP contribution in [0.4, 0.5) is 5.69 Å². The first-order valence-corrected chi connectivity index (χ1v) is 5.14. The molecule has 1 heterocycles. The Balaban J connectivity index is 2.80. The second-order valence-corrected chi connectivity index (χ2v) is 3.93. The number of para-hydroxylation sites is 1. The van der Waals surface area contributed by atoms with Crippen molar-refractivity contribution in [2.45, 2.75) is 13.8 Å². The average Bonchev–Trinajstić information content (AvgIpc) is 2.45. The Morgan fingerprint density at radius 2 is 1.81 bits per heavy atom. The van der Waals surface area contributed by atoms with Gasteiger partial charge < -0.3 is 5.73 Å². The van der Waals surface area contributed by atoms with E-state index in [9.17, 15) is 4.79 Å². The first-order valence-electron chi connectivity index (χ1n) is 5.14. The molecule has 0 aliphatic rings. The summed E-state index contributed by atoms with van der Waals surface area (Å²) in [7, 11) is 1.83. The number of aromatic nitrogens is 2. The molecule has 16 heavy (non-hydrogen) atoms. The molecule has 0 unspecified atom stereocenters. The predicted molar refractivity (Wildman–Crippen MR) is 64.9 cm³/mol. The predicted octanol–water partition coefficient (Wildman–Crippen LogP) is 1.38. The van der Waals surface area contributed by atoms with Crippen LogP contribution < -0.4 is 11.3 Å². The molecule has 2 N–H and O–H groups in total. The summed E-state index contributed by atoms with van der Waals surface area (Å²) in [6.07, 6.45) is 0. The number of nitrogen functional groups attached to an aromatic ring is 1. The van der Waals surface area contributed by atoms with Crippen molar-refractivity contribution in [1.29, 1.82) is 0 Å². The van der Waals surface area contributed by atoms with Gasteiger partial charge in [0.25, 0.3) is 5.56 Å². The van der Waals surface area contributed by atoms with Crippen molar-refractivity contribution in [2.75, 3.05) is 5.73 Å². The molecule has 0 amide bonds. The maximum Gasteiger partial charge on any atom is 0.294 e. The molecule has 4 heteroatoms. The lowest BCUT2D eigenvalue weighted by atomic mass is 10.2. The van der Waals surface area contributed by atoms with Gasteiger partial charge in [-0.15, -0.1) is 0 Å². The first kappa shape index (κ1) is 10.5. The van der Waals surface area contributed by atoms with Crippen LogP contribution in [-0.2, 0) is 7.05 Å². The van der Waals surface area contributed by atoms with Crippen LogP contribution >= 0.6 is 0 Å². The second-order valence-electron chi connectivity index (χ2n) is 3.93. The van der Waals surface area contributed by atoms with E-state index in [1.165, 1.54) is 0 Å². The molecule has 0 saturated carbocycles. The highest BCUT2D eigenvalue weighted by Gasteiger charge is 2.13. The van der Waals surface area contributed by atoms with E-state index in [0.717, 1.165) is 16.9 Å². The summed E-state index contributed by atoms with van der Waals surface area (Å²) in [5.74, 6) is 0. The van der Waals surface area contributed by atoms with Gasteiger partial charge in [-0.1, -0.05) is 18.2 Å². The van der Waals surface area contributed by atoms with Gasteiger partial charge in [-0.3, -0.25) is 9.48 Å². The molecule has 1 aromatic heterocycles. The third-order valence-electron chi connectivity index (χ3n) is 2.94. The monoisotopic (exact) mass is 217 g/mol. The third kappa shape index (κ3) is 1.34. The fourth-order valence-electron chi connectivity index (χ4n) is 1.80. The van der Waals surface area contributed by atoms with Crippen molar-refractivity contribution >= 4 is 5.69 Å². The van der Waals surface area contributed by atoms with Crippen LogP contribution in [0.5, 0.6) is 0 Å². The van der Waals surface area contributed by atoms with Gasteiger partial charge in [0.15, 0.2) is 0 Å². The normalized spacial score (nSPS) is 10.7. The summed E-state index contributed by atoms with van der Waals surface area (Å²) in [4.78, 5) is 12.0. The summed E-state index contributed by atoms with van der Waals surface area (Å²) in [6.45, 7) is 3.81. The highest BCUT2D eigenvalue weighted by atomic mass is 16.1. The van der Waals surface area contributed by atoms with Crippen LogP contribution in [-0.4, -0.2) is 9.36 Å². The smallest absolute Gasteiger partial charge is 0.294 e. The number of nitrogens with zero attached hydrogens (tertiary/aromatic N) is 2. The molecule has 0 fully saturated rings. The maximum absolute atomic E-state index is 12.0. The van der Waals surface area contributed by atoms with E-state index in [2.05, 4.69) is 0 Å². The van der Waals surface area contributed by atoms with E-state index in [1.54, 1.807) is 9.36 Å². The summed E-state index contributed by atoms with van der Waals surface area (Å²) < 4.78 is 3.38.